The highest BCUT2D eigenvalue weighted by Crippen LogP contribution is 2.40. The highest BCUT2D eigenvalue weighted by Gasteiger charge is 2.13. The molecule has 0 N–H and O–H groups in total. The van der Waals surface area contributed by atoms with E-state index in [1.807, 2.05) is 0 Å². The molecule has 0 fully saturated rings. The van der Waals surface area contributed by atoms with Crippen molar-refractivity contribution in [3.63, 3.8) is 0 Å². The molecular formula is C30H19I. The summed E-state index contributed by atoms with van der Waals surface area (Å²) in [5.74, 6) is 0. The van der Waals surface area contributed by atoms with E-state index >= 15 is 0 Å². The Labute approximate surface area is 195 Å². The van der Waals surface area contributed by atoms with Gasteiger partial charge in [-0.2, -0.15) is 0 Å². The van der Waals surface area contributed by atoms with Gasteiger partial charge in [0.25, 0.3) is 0 Å². The van der Waals surface area contributed by atoms with E-state index in [1.54, 1.807) is 0 Å². The minimum absolute atomic E-state index is 1.24. The van der Waals surface area contributed by atoms with Gasteiger partial charge in [0.1, 0.15) is 0 Å². The number of hydrogen-bond donors (Lipinski definition) is 0. The first-order chi connectivity index (χ1) is 15.3. The fourth-order valence-corrected chi connectivity index (χ4v) is 5.53. The number of halogens is 1. The van der Waals surface area contributed by atoms with Gasteiger partial charge in [-0.25, -0.2) is 0 Å². The van der Waals surface area contributed by atoms with Crippen molar-refractivity contribution in [3.8, 4) is 22.3 Å². The van der Waals surface area contributed by atoms with Crippen LogP contribution < -0.4 is 0 Å². The minimum atomic E-state index is 1.24. The van der Waals surface area contributed by atoms with Gasteiger partial charge in [-0.05, 0) is 83.2 Å². The second kappa shape index (κ2) is 7.51. The van der Waals surface area contributed by atoms with Crippen molar-refractivity contribution in [2.45, 2.75) is 0 Å². The monoisotopic (exact) mass is 506 g/mol. The van der Waals surface area contributed by atoms with Crippen LogP contribution in [-0.4, -0.2) is 0 Å². The molecule has 0 radical (unpaired) electrons. The maximum atomic E-state index is 2.49. The molecule has 0 aromatic heterocycles. The van der Waals surface area contributed by atoms with E-state index in [1.165, 1.54) is 58.1 Å². The van der Waals surface area contributed by atoms with Crippen molar-refractivity contribution in [2.75, 3.05) is 0 Å². The summed E-state index contributed by atoms with van der Waals surface area (Å²) < 4.78 is 1.32. The molecule has 1 heteroatoms. The Morgan fingerprint density at radius 1 is 0.387 bits per heavy atom. The highest BCUT2D eigenvalue weighted by molar-refractivity contribution is 14.1. The van der Waals surface area contributed by atoms with Crippen molar-refractivity contribution in [1.29, 1.82) is 0 Å². The Hall–Kier alpha value is -3.17. The number of fused-ring (bicyclic) bond motifs is 3. The SMILES string of the molecule is Ic1c2ccccc2c(-c2ccc(-c3ccc4ccccc4c3)cc2)c2ccccc12. The second-order valence-electron chi connectivity index (χ2n) is 7.92. The lowest BCUT2D eigenvalue weighted by atomic mass is 9.91. The maximum absolute atomic E-state index is 2.49. The first-order valence-corrected chi connectivity index (χ1v) is 11.6. The lowest BCUT2D eigenvalue weighted by Crippen LogP contribution is -1.89. The van der Waals surface area contributed by atoms with Gasteiger partial charge in [-0.15, -0.1) is 0 Å². The van der Waals surface area contributed by atoms with Crippen LogP contribution in [0.1, 0.15) is 0 Å². The Kier molecular flexibility index (Phi) is 4.50. The van der Waals surface area contributed by atoms with E-state index in [2.05, 4.69) is 138 Å². The molecule has 0 bridgehead atoms. The predicted octanol–water partition coefficient (Wildman–Crippen LogP) is 9.08. The lowest BCUT2D eigenvalue weighted by Gasteiger charge is -2.15. The van der Waals surface area contributed by atoms with Crippen LogP contribution in [0, 0.1) is 3.57 Å². The second-order valence-corrected chi connectivity index (χ2v) is 9.00. The molecule has 0 atom stereocenters. The molecule has 0 heterocycles. The molecule has 0 nitrogen and oxygen atoms in total. The molecule has 0 spiro atoms. The standard InChI is InChI=1S/C30H19I/c31-30-27-11-5-3-9-25(27)29(26-10-4-6-12-28(26)30)22-16-13-21(14-17-22)24-18-15-20-7-1-2-8-23(20)19-24/h1-19H. The maximum Gasteiger partial charge on any atom is 0.0287 e. The third-order valence-electron chi connectivity index (χ3n) is 6.12. The van der Waals surface area contributed by atoms with Crippen LogP contribution >= 0.6 is 22.6 Å². The minimum Gasteiger partial charge on any atom is -0.0616 e. The van der Waals surface area contributed by atoms with Crippen LogP contribution in [0.3, 0.4) is 0 Å². The van der Waals surface area contributed by atoms with Crippen LogP contribution in [0.15, 0.2) is 115 Å². The summed E-state index contributed by atoms with van der Waals surface area (Å²) in [6.07, 6.45) is 0. The van der Waals surface area contributed by atoms with Crippen molar-refractivity contribution in [1.82, 2.24) is 0 Å². The van der Waals surface area contributed by atoms with Crippen LogP contribution in [0.5, 0.6) is 0 Å². The summed E-state index contributed by atoms with van der Waals surface area (Å²) in [6, 6.07) is 41.8. The van der Waals surface area contributed by atoms with Crippen molar-refractivity contribution < 1.29 is 0 Å². The van der Waals surface area contributed by atoms with E-state index in [0.29, 0.717) is 0 Å². The Balaban J connectivity index is 1.54. The molecule has 0 aliphatic carbocycles. The van der Waals surface area contributed by atoms with Crippen molar-refractivity contribution in [2.24, 2.45) is 0 Å². The molecule has 6 aromatic rings. The zero-order valence-electron chi connectivity index (χ0n) is 16.8. The number of rotatable bonds is 2. The summed E-state index contributed by atoms with van der Waals surface area (Å²) in [4.78, 5) is 0. The highest BCUT2D eigenvalue weighted by atomic mass is 127. The molecule has 146 valence electrons. The lowest BCUT2D eigenvalue weighted by molar-refractivity contribution is 1.63. The first kappa shape index (κ1) is 18.6. The molecule has 0 aliphatic heterocycles. The molecule has 6 aromatic carbocycles. The predicted molar refractivity (Wildman–Crippen MR) is 143 cm³/mol. The molecular weight excluding hydrogens is 487 g/mol. The Morgan fingerprint density at radius 3 is 1.52 bits per heavy atom. The van der Waals surface area contributed by atoms with Gasteiger partial charge < -0.3 is 0 Å². The zero-order valence-corrected chi connectivity index (χ0v) is 19.0. The molecule has 6 rings (SSSR count). The smallest absolute Gasteiger partial charge is 0.0287 e. The largest absolute Gasteiger partial charge is 0.0616 e. The average molecular weight is 506 g/mol. The molecule has 31 heavy (non-hydrogen) atoms. The van der Waals surface area contributed by atoms with Gasteiger partial charge in [-0.3, -0.25) is 0 Å². The quantitative estimate of drug-likeness (QED) is 0.162. The molecule has 0 unspecified atom stereocenters. The van der Waals surface area contributed by atoms with Crippen molar-refractivity contribution in [3.05, 3.63) is 119 Å². The van der Waals surface area contributed by atoms with E-state index in [9.17, 15) is 0 Å². The first-order valence-electron chi connectivity index (χ1n) is 10.5. The zero-order chi connectivity index (χ0) is 20.8. The Morgan fingerprint density at radius 2 is 0.871 bits per heavy atom. The summed E-state index contributed by atoms with van der Waals surface area (Å²) in [7, 11) is 0. The van der Waals surface area contributed by atoms with E-state index in [-0.39, 0.29) is 0 Å². The van der Waals surface area contributed by atoms with Crippen molar-refractivity contribution >= 4 is 54.9 Å². The molecule has 0 amide bonds. The number of hydrogen-bond acceptors (Lipinski definition) is 0. The Bertz CT molecular complexity index is 1520. The van der Waals surface area contributed by atoms with E-state index in [4.69, 9.17) is 0 Å². The van der Waals surface area contributed by atoms with Gasteiger partial charge in [0, 0.05) is 3.57 Å². The molecule has 0 saturated heterocycles. The normalized spacial score (nSPS) is 11.4. The van der Waals surface area contributed by atoms with E-state index < -0.39 is 0 Å². The van der Waals surface area contributed by atoms with Gasteiger partial charge in [0.05, 0.1) is 0 Å². The third kappa shape index (κ3) is 3.12. The number of benzene rings is 6. The third-order valence-corrected chi connectivity index (χ3v) is 7.28. The van der Waals surface area contributed by atoms with Crippen LogP contribution in [0.2, 0.25) is 0 Å². The summed E-state index contributed by atoms with van der Waals surface area (Å²) in [6.45, 7) is 0. The average Bonchev–Trinajstić information content (AvgIpc) is 2.84. The molecule has 0 aliphatic rings. The van der Waals surface area contributed by atoms with Gasteiger partial charge >= 0.3 is 0 Å². The van der Waals surface area contributed by atoms with Gasteiger partial charge in [-0.1, -0.05) is 109 Å². The molecule has 0 saturated carbocycles. The topological polar surface area (TPSA) is 0 Å². The van der Waals surface area contributed by atoms with Crippen LogP contribution in [0.4, 0.5) is 0 Å². The van der Waals surface area contributed by atoms with Crippen LogP contribution in [0.25, 0.3) is 54.6 Å². The van der Waals surface area contributed by atoms with Gasteiger partial charge in [0.15, 0.2) is 0 Å². The van der Waals surface area contributed by atoms with Gasteiger partial charge in [0.2, 0.25) is 0 Å². The van der Waals surface area contributed by atoms with E-state index in [0.717, 1.165) is 0 Å². The van der Waals surface area contributed by atoms with Crippen LogP contribution in [-0.2, 0) is 0 Å². The summed E-state index contributed by atoms with van der Waals surface area (Å²) in [5, 5.41) is 7.80. The fourth-order valence-electron chi connectivity index (χ4n) is 4.58. The summed E-state index contributed by atoms with van der Waals surface area (Å²) >= 11 is 2.49. The summed E-state index contributed by atoms with van der Waals surface area (Å²) in [5.41, 5.74) is 5.07. The fraction of sp³-hybridized carbons (Fsp3) is 0.